The Balaban J connectivity index is 5.01. The highest BCUT2D eigenvalue weighted by atomic mass is 28.4. The third-order valence-corrected chi connectivity index (χ3v) is 5.60. The zero-order valence-corrected chi connectivity index (χ0v) is 14.0. The van der Waals surface area contributed by atoms with Crippen LogP contribution in [0.25, 0.3) is 0 Å². The zero-order chi connectivity index (χ0) is 13.9. The van der Waals surface area contributed by atoms with Crippen molar-refractivity contribution in [1.29, 1.82) is 0 Å². The second kappa shape index (κ2) is 5.80. The summed E-state index contributed by atoms with van der Waals surface area (Å²) >= 11 is 0. The third-order valence-electron chi connectivity index (χ3n) is 1.87. The van der Waals surface area contributed by atoms with Crippen molar-refractivity contribution in [2.75, 3.05) is 7.05 Å². The van der Waals surface area contributed by atoms with Crippen molar-refractivity contribution in [2.45, 2.75) is 72.6 Å². The molecule has 0 aliphatic heterocycles. The summed E-state index contributed by atoms with van der Waals surface area (Å²) in [5.74, 6) is 0. The predicted octanol–water partition coefficient (Wildman–Crippen LogP) is 1.84. The van der Waals surface area contributed by atoms with Crippen molar-refractivity contribution in [2.24, 2.45) is 0 Å². The molecule has 0 saturated carbocycles. The summed E-state index contributed by atoms with van der Waals surface area (Å²) in [7, 11) is -0.403. The highest BCUT2D eigenvalue weighted by Crippen LogP contribution is 2.11. The minimum Gasteiger partial charge on any atom is -0.377 e. The van der Waals surface area contributed by atoms with Gasteiger partial charge in [-0.05, 0) is 62.4 Å². The highest BCUT2D eigenvalue weighted by Gasteiger charge is 2.42. The average molecular weight is 261 g/mol. The summed E-state index contributed by atoms with van der Waals surface area (Å²) in [5, 5.41) is 0. The normalized spacial score (nSPS) is 14.5. The van der Waals surface area contributed by atoms with E-state index in [-0.39, 0.29) is 17.2 Å². The lowest BCUT2D eigenvalue weighted by Gasteiger charge is -2.42. The molecule has 0 saturated heterocycles. The summed E-state index contributed by atoms with van der Waals surface area (Å²) in [6.07, 6.45) is 0.179. The molecule has 0 unspecified atom stereocenters. The van der Waals surface area contributed by atoms with Gasteiger partial charge in [0, 0.05) is 17.2 Å². The minimum absolute atomic E-state index is 0.00235. The summed E-state index contributed by atoms with van der Waals surface area (Å²) in [6.45, 7) is 17.0. The second-order valence-corrected chi connectivity index (χ2v) is 9.45. The van der Waals surface area contributed by atoms with E-state index in [1.165, 1.54) is 0 Å². The van der Waals surface area contributed by atoms with Gasteiger partial charge in [0.2, 0.25) is 0 Å². The first-order valence-corrected chi connectivity index (χ1v) is 8.25. The fourth-order valence-electron chi connectivity index (χ4n) is 1.68. The van der Waals surface area contributed by atoms with E-state index in [2.05, 4.69) is 70.3 Å². The molecule has 0 aromatic rings. The van der Waals surface area contributed by atoms with Crippen LogP contribution in [0.2, 0.25) is 0 Å². The molecule has 0 fully saturated rings. The molecule has 5 heteroatoms. The monoisotopic (exact) mass is 261 g/mol. The van der Waals surface area contributed by atoms with Crippen LogP contribution in [0.4, 0.5) is 0 Å². The molecule has 0 aliphatic rings. The van der Waals surface area contributed by atoms with Crippen molar-refractivity contribution < 1.29 is 4.43 Å². The molecular formula is C12H31N3OSi. The Bertz CT molecular complexity index is 215. The molecule has 0 aromatic heterocycles. The number of hydrogen-bond donors (Lipinski definition) is 3. The minimum atomic E-state index is -2.35. The predicted molar refractivity (Wildman–Crippen MR) is 76.8 cm³/mol. The van der Waals surface area contributed by atoms with E-state index >= 15 is 0 Å². The van der Waals surface area contributed by atoms with Gasteiger partial charge in [-0.15, -0.1) is 0 Å². The Morgan fingerprint density at radius 2 is 1.24 bits per heavy atom. The van der Waals surface area contributed by atoms with Crippen LogP contribution >= 0.6 is 0 Å². The van der Waals surface area contributed by atoms with E-state index in [0.29, 0.717) is 0 Å². The first kappa shape index (κ1) is 17.1. The van der Waals surface area contributed by atoms with Crippen molar-refractivity contribution >= 4 is 8.80 Å². The smallest absolute Gasteiger partial charge is 0.377 e. The Morgan fingerprint density at radius 3 is 1.41 bits per heavy atom. The van der Waals surface area contributed by atoms with Crippen LogP contribution in [0.5, 0.6) is 0 Å². The Morgan fingerprint density at radius 1 is 0.882 bits per heavy atom. The second-order valence-electron chi connectivity index (χ2n) is 6.85. The molecule has 0 bridgehead atoms. The van der Waals surface area contributed by atoms with Gasteiger partial charge in [-0.25, -0.2) is 0 Å². The first-order valence-electron chi connectivity index (χ1n) is 6.34. The van der Waals surface area contributed by atoms with Crippen LogP contribution in [-0.2, 0) is 4.43 Å². The summed E-state index contributed by atoms with van der Waals surface area (Å²) in [5.41, 5.74) is 0.00471. The van der Waals surface area contributed by atoms with E-state index in [4.69, 9.17) is 4.43 Å². The van der Waals surface area contributed by atoms with Crippen LogP contribution in [0.15, 0.2) is 0 Å². The van der Waals surface area contributed by atoms with Crippen LogP contribution in [-0.4, -0.2) is 33.0 Å². The molecule has 0 rings (SSSR count). The number of rotatable bonds is 5. The Labute approximate surface area is 108 Å². The summed E-state index contributed by atoms with van der Waals surface area (Å²) < 4.78 is 6.14. The molecule has 0 aromatic carbocycles. The summed E-state index contributed by atoms with van der Waals surface area (Å²) in [4.78, 5) is 10.6. The lowest BCUT2D eigenvalue weighted by molar-refractivity contribution is 0.186. The van der Waals surface area contributed by atoms with Gasteiger partial charge in [0.15, 0.2) is 0 Å². The van der Waals surface area contributed by atoms with Gasteiger partial charge >= 0.3 is 8.80 Å². The maximum absolute atomic E-state index is 6.14. The van der Waals surface area contributed by atoms with Gasteiger partial charge in [-0.1, -0.05) is 0 Å². The lowest BCUT2D eigenvalue weighted by atomic mass is 10.1. The van der Waals surface area contributed by atoms with Crippen LogP contribution < -0.4 is 14.9 Å². The van der Waals surface area contributed by atoms with Crippen molar-refractivity contribution in [3.8, 4) is 0 Å². The highest BCUT2D eigenvalue weighted by molar-refractivity contribution is 6.66. The third kappa shape index (κ3) is 7.89. The standard InChI is InChI=1S/C12H31N3OSi/c1-10(2)16-17(13-9,14-11(3,4)5)15-12(6,7)8/h10,13-15H,1-9H3. The number of hydrogen-bond acceptors (Lipinski definition) is 4. The van der Waals surface area contributed by atoms with E-state index in [0.717, 1.165) is 0 Å². The van der Waals surface area contributed by atoms with Gasteiger partial charge in [-0.3, -0.25) is 14.9 Å². The fourth-order valence-corrected chi connectivity index (χ4v) is 5.05. The Kier molecular flexibility index (Phi) is 5.82. The lowest BCUT2D eigenvalue weighted by Crippen LogP contribution is -2.80. The quantitative estimate of drug-likeness (QED) is 0.661. The molecule has 0 atom stereocenters. The Hall–Kier alpha value is 0.0569. The molecule has 3 N–H and O–H groups in total. The van der Waals surface area contributed by atoms with Gasteiger partial charge in [0.1, 0.15) is 0 Å². The van der Waals surface area contributed by atoms with Crippen molar-refractivity contribution in [1.82, 2.24) is 14.9 Å². The van der Waals surface area contributed by atoms with Crippen LogP contribution in [0.1, 0.15) is 55.4 Å². The SMILES string of the molecule is CN[Si](NC(C)(C)C)(NC(C)(C)C)OC(C)C. The van der Waals surface area contributed by atoms with Crippen molar-refractivity contribution in [3.63, 3.8) is 0 Å². The first-order chi connectivity index (χ1) is 7.39. The van der Waals surface area contributed by atoms with Gasteiger partial charge < -0.3 is 4.43 Å². The largest absolute Gasteiger partial charge is 0.440 e. The molecule has 0 heterocycles. The van der Waals surface area contributed by atoms with E-state index in [1.807, 2.05) is 7.05 Å². The molecule has 17 heavy (non-hydrogen) atoms. The molecular weight excluding hydrogens is 230 g/mol. The molecule has 4 nitrogen and oxygen atoms in total. The molecule has 0 amide bonds. The van der Waals surface area contributed by atoms with E-state index < -0.39 is 8.80 Å². The maximum Gasteiger partial charge on any atom is 0.440 e. The molecule has 0 aliphatic carbocycles. The molecule has 0 radical (unpaired) electrons. The fraction of sp³-hybridized carbons (Fsp3) is 1.00. The van der Waals surface area contributed by atoms with Crippen molar-refractivity contribution in [3.05, 3.63) is 0 Å². The zero-order valence-electron chi connectivity index (χ0n) is 13.0. The molecule has 104 valence electrons. The summed E-state index contributed by atoms with van der Waals surface area (Å²) in [6, 6.07) is 0. The van der Waals surface area contributed by atoms with Gasteiger partial charge in [0.05, 0.1) is 0 Å². The number of nitrogens with one attached hydrogen (secondary N) is 3. The van der Waals surface area contributed by atoms with E-state index in [9.17, 15) is 0 Å². The average Bonchev–Trinajstić information content (AvgIpc) is 1.95. The van der Waals surface area contributed by atoms with Gasteiger partial charge in [0.25, 0.3) is 0 Å². The van der Waals surface area contributed by atoms with E-state index in [1.54, 1.807) is 0 Å². The van der Waals surface area contributed by atoms with Gasteiger partial charge in [-0.2, -0.15) is 0 Å². The maximum atomic E-state index is 6.14. The molecule has 0 spiro atoms. The van der Waals surface area contributed by atoms with Crippen LogP contribution in [0, 0.1) is 0 Å². The van der Waals surface area contributed by atoms with Crippen LogP contribution in [0.3, 0.4) is 0 Å². The topological polar surface area (TPSA) is 45.3 Å².